The van der Waals surface area contributed by atoms with E-state index in [2.05, 4.69) is 6.92 Å². The number of aliphatic hydroxyl groups is 1. The van der Waals surface area contributed by atoms with Crippen LogP contribution >= 0.6 is 0 Å². The second-order valence-corrected chi connectivity index (χ2v) is 7.57. The van der Waals surface area contributed by atoms with Crippen molar-refractivity contribution in [3.63, 3.8) is 0 Å². The number of aliphatic hydroxyl groups excluding tert-OH is 1. The maximum atomic E-state index is 14.4. The lowest BCUT2D eigenvalue weighted by Gasteiger charge is -2.39. The van der Waals surface area contributed by atoms with Crippen LogP contribution in [-0.2, 0) is 16.1 Å². The molecule has 1 aromatic carbocycles. The number of amides is 1. The third kappa shape index (κ3) is 5.23. The van der Waals surface area contributed by atoms with Gasteiger partial charge in [-0.05, 0) is 38.2 Å². The van der Waals surface area contributed by atoms with Crippen LogP contribution < -0.4 is 4.90 Å². The number of carbonyl (C=O) groups is 1. The first-order valence-electron chi connectivity index (χ1n) is 10.2. The maximum Gasteiger partial charge on any atom is 0.225 e. The number of benzene rings is 1. The summed E-state index contributed by atoms with van der Waals surface area (Å²) in [6.07, 6.45) is 5.09. The number of carbonyl (C=O) groups excluding carboxylic acids is 1. The molecule has 1 aliphatic carbocycles. The van der Waals surface area contributed by atoms with Crippen LogP contribution in [0.3, 0.4) is 0 Å². The van der Waals surface area contributed by atoms with E-state index in [-0.39, 0.29) is 31.7 Å². The second-order valence-electron chi connectivity index (χ2n) is 7.57. The van der Waals surface area contributed by atoms with Crippen molar-refractivity contribution in [2.24, 2.45) is 5.92 Å². The zero-order valence-corrected chi connectivity index (χ0v) is 16.2. The van der Waals surface area contributed by atoms with Crippen LogP contribution in [0, 0.1) is 11.7 Å². The largest absolute Gasteiger partial charge is 0.392 e. The van der Waals surface area contributed by atoms with Gasteiger partial charge in [-0.25, -0.2) is 4.39 Å². The Morgan fingerprint density at radius 1 is 1.18 bits per heavy atom. The Bertz CT molecular complexity index is 624. The predicted octanol–water partition coefficient (Wildman–Crippen LogP) is 3.59. The first-order valence-corrected chi connectivity index (χ1v) is 10.2. The summed E-state index contributed by atoms with van der Waals surface area (Å²) in [6, 6.07) is 5.10. The van der Waals surface area contributed by atoms with Crippen molar-refractivity contribution in [1.82, 2.24) is 4.90 Å². The van der Waals surface area contributed by atoms with Crippen LogP contribution in [0.1, 0.15) is 52.0 Å². The fraction of sp³-hybridized carbons (Fsp3) is 0.682. The van der Waals surface area contributed by atoms with Gasteiger partial charge in [-0.15, -0.1) is 0 Å². The zero-order chi connectivity index (χ0) is 19.2. The fourth-order valence-corrected chi connectivity index (χ4v) is 4.12. The molecule has 3 rings (SSSR count). The van der Waals surface area contributed by atoms with Gasteiger partial charge in [0.1, 0.15) is 0 Å². The molecule has 1 aromatic rings. The molecule has 1 saturated carbocycles. The normalized spacial score (nSPS) is 22.7. The average molecular weight is 395 g/mol. The average Bonchev–Trinajstić information content (AvgIpc) is 2.72. The van der Waals surface area contributed by atoms with Gasteiger partial charge in [-0.2, -0.15) is 0 Å². The molecule has 1 N–H and O–H groups in total. The summed E-state index contributed by atoms with van der Waals surface area (Å²) in [5, 5.41) is 9.25. The Kier molecular flexibility index (Phi) is 8.70. The molecule has 0 unspecified atom stereocenters. The monoisotopic (exact) mass is 394 g/mol. The van der Waals surface area contributed by atoms with E-state index in [1.54, 1.807) is 18.2 Å². The van der Waals surface area contributed by atoms with Crippen molar-refractivity contribution >= 4 is 11.6 Å². The Balaban J connectivity index is 0.00000280. The van der Waals surface area contributed by atoms with Gasteiger partial charge in [-0.3, -0.25) is 4.79 Å². The third-order valence-corrected chi connectivity index (χ3v) is 5.74. The van der Waals surface area contributed by atoms with Crippen LogP contribution in [0.4, 0.5) is 10.1 Å². The predicted molar refractivity (Wildman–Crippen MR) is 110 cm³/mol. The standard InChI is InChI=1S/C21H31FN2O3.CH4/c1-2-14-27-18-8-6-16(7-9-18)21(26)24-12-10-23(11-13-24)19-5-3-4-17(15-25)20(19)22;/h3-5,16,18,25H,2,6-15H2,1H3;1H4. The summed E-state index contributed by atoms with van der Waals surface area (Å²) in [4.78, 5) is 16.7. The molecule has 158 valence electrons. The quantitative estimate of drug-likeness (QED) is 0.801. The Labute approximate surface area is 168 Å². The molecule has 0 atom stereocenters. The molecule has 2 fully saturated rings. The number of ether oxygens (including phenoxy) is 1. The molecule has 1 heterocycles. The molecule has 1 aliphatic heterocycles. The lowest BCUT2D eigenvalue weighted by atomic mass is 9.86. The molecule has 0 bridgehead atoms. The summed E-state index contributed by atoms with van der Waals surface area (Å²) in [5.41, 5.74) is 0.829. The molecule has 1 saturated heterocycles. The minimum atomic E-state index is -0.356. The van der Waals surface area contributed by atoms with Crippen LogP contribution in [0.2, 0.25) is 0 Å². The number of piperazine rings is 1. The minimum Gasteiger partial charge on any atom is -0.392 e. The summed E-state index contributed by atoms with van der Waals surface area (Å²) < 4.78 is 20.2. The topological polar surface area (TPSA) is 53.0 Å². The Morgan fingerprint density at radius 3 is 2.46 bits per heavy atom. The fourth-order valence-electron chi connectivity index (χ4n) is 4.12. The first-order chi connectivity index (χ1) is 13.1. The Hall–Kier alpha value is -1.66. The van der Waals surface area contributed by atoms with Crippen LogP contribution in [-0.4, -0.2) is 54.8 Å². The van der Waals surface area contributed by atoms with Gasteiger partial charge in [0.15, 0.2) is 5.82 Å². The summed E-state index contributed by atoms with van der Waals surface area (Å²) in [7, 11) is 0. The third-order valence-electron chi connectivity index (χ3n) is 5.74. The van der Waals surface area contributed by atoms with Crippen molar-refractivity contribution in [2.75, 3.05) is 37.7 Å². The summed E-state index contributed by atoms with van der Waals surface area (Å²) in [5.74, 6) is -0.00849. The molecule has 5 nitrogen and oxygen atoms in total. The highest BCUT2D eigenvalue weighted by molar-refractivity contribution is 5.79. The highest BCUT2D eigenvalue weighted by atomic mass is 19.1. The van der Waals surface area contributed by atoms with E-state index < -0.39 is 0 Å². The smallest absolute Gasteiger partial charge is 0.225 e. The van der Waals surface area contributed by atoms with Gasteiger partial charge < -0.3 is 19.6 Å². The molecule has 1 amide bonds. The van der Waals surface area contributed by atoms with Crippen molar-refractivity contribution in [3.8, 4) is 0 Å². The van der Waals surface area contributed by atoms with Crippen molar-refractivity contribution in [1.29, 1.82) is 0 Å². The molecule has 0 spiro atoms. The Morgan fingerprint density at radius 2 is 1.86 bits per heavy atom. The first kappa shape index (κ1) is 22.6. The number of nitrogens with zero attached hydrogens (tertiary/aromatic N) is 2. The number of rotatable bonds is 6. The van der Waals surface area contributed by atoms with Crippen LogP contribution in [0.5, 0.6) is 0 Å². The number of halogens is 1. The summed E-state index contributed by atoms with van der Waals surface area (Å²) in [6.45, 7) is 5.09. The lowest BCUT2D eigenvalue weighted by Crippen LogP contribution is -2.51. The van der Waals surface area contributed by atoms with E-state index >= 15 is 0 Å². The van der Waals surface area contributed by atoms with Gasteiger partial charge in [0.2, 0.25) is 5.91 Å². The van der Waals surface area contributed by atoms with E-state index in [9.17, 15) is 14.3 Å². The molecule has 2 aliphatic rings. The second kappa shape index (κ2) is 10.8. The van der Waals surface area contributed by atoms with Gasteiger partial charge >= 0.3 is 0 Å². The maximum absolute atomic E-state index is 14.4. The molecular formula is C22H35FN2O3. The molecule has 6 heteroatoms. The van der Waals surface area contributed by atoms with Gasteiger partial charge in [0.05, 0.1) is 18.4 Å². The van der Waals surface area contributed by atoms with E-state index in [1.165, 1.54) is 0 Å². The lowest BCUT2D eigenvalue weighted by molar-refractivity contribution is -0.137. The molecule has 28 heavy (non-hydrogen) atoms. The van der Waals surface area contributed by atoms with Crippen LogP contribution in [0.15, 0.2) is 18.2 Å². The van der Waals surface area contributed by atoms with Gasteiger partial charge in [-0.1, -0.05) is 26.5 Å². The SMILES string of the molecule is C.CCCOC1CCC(C(=O)N2CCN(c3cccc(CO)c3F)CC2)CC1. The molecular weight excluding hydrogens is 359 g/mol. The number of hydrogen-bond donors (Lipinski definition) is 1. The van der Waals surface area contributed by atoms with Crippen molar-refractivity contribution < 1.29 is 19.0 Å². The zero-order valence-electron chi connectivity index (χ0n) is 16.2. The van der Waals surface area contributed by atoms with E-state index in [0.717, 1.165) is 38.7 Å². The molecule has 0 aromatic heterocycles. The number of anilines is 1. The van der Waals surface area contributed by atoms with E-state index in [4.69, 9.17) is 4.74 Å². The van der Waals surface area contributed by atoms with Crippen molar-refractivity contribution in [2.45, 2.75) is 59.2 Å². The number of hydrogen-bond acceptors (Lipinski definition) is 4. The highest BCUT2D eigenvalue weighted by Gasteiger charge is 2.31. The minimum absolute atomic E-state index is 0. The van der Waals surface area contributed by atoms with E-state index in [1.807, 2.05) is 9.80 Å². The highest BCUT2D eigenvalue weighted by Crippen LogP contribution is 2.29. The van der Waals surface area contributed by atoms with Crippen molar-refractivity contribution in [3.05, 3.63) is 29.6 Å². The van der Waals surface area contributed by atoms with Gasteiger partial charge in [0.25, 0.3) is 0 Å². The summed E-state index contributed by atoms with van der Waals surface area (Å²) >= 11 is 0. The van der Waals surface area contributed by atoms with Crippen LogP contribution in [0.25, 0.3) is 0 Å². The molecule has 0 radical (unpaired) electrons. The van der Waals surface area contributed by atoms with Gasteiger partial charge in [0, 0.05) is 44.3 Å². The van der Waals surface area contributed by atoms with E-state index in [0.29, 0.717) is 43.5 Å².